The van der Waals surface area contributed by atoms with Gasteiger partial charge in [0.25, 0.3) is 0 Å². The third-order valence-corrected chi connectivity index (χ3v) is 3.66. The maximum absolute atomic E-state index is 11.9. The summed E-state index contributed by atoms with van der Waals surface area (Å²) < 4.78 is 5.36. The van der Waals surface area contributed by atoms with Gasteiger partial charge >= 0.3 is 0 Å². The van der Waals surface area contributed by atoms with E-state index in [1.807, 2.05) is 31.2 Å². The van der Waals surface area contributed by atoms with Crippen LogP contribution in [0.4, 0.5) is 11.4 Å². The number of carbonyl (C=O) groups excluding carboxylic acids is 1. The van der Waals surface area contributed by atoms with Crippen LogP contribution in [-0.4, -0.2) is 19.1 Å². The van der Waals surface area contributed by atoms with Crippen molar-refractivity contribution in [3.63, 3.8) is 0 Å². The van der Waals surface area contributed by atoms with Crippen molar-refractivity contribution in [1.82, 2.24) is 0 Å². The van der Waals surface area contributed by atoms with E-state index in [9.17, 15) is 4.79 Å². The number of anilines is 2. The van der Waals surface area contributed by atoms with Crippen molar-refractivity contribution in [2.24, 2.45) is 0 Å². The number of rotatable bonds is 6. The number of hydrogen-bond acceptors (Lipinski definition) is 3. The van der Waals surface area contributed by atoms with Crippen LogP contribution in [0.1, 0.15) is 6.92 Å². The molecule has 0 bridgehead atoms. The third-order valence-electron chi connectivity index (χ3n) is 2.84. The van der Waals surface area contributed by atoms with Crippen LogP contribution in [0.25, 0.3) is 0 Å². The van der Waals surface area contributed by atoms with Crippen LogP contribution in [0.15, 0.2) is 42.5 Å². The molecule has 0 heterocycles. The van der Waals surface area contributed by atoms with Crippen molar-refractivity contribution in [3.8, 4) is 5.75 Å². The number of hydrogen-bond donors (Lipinski definition) is 2. The fourth-order valence-electron chi connectivity index (χ4n) is 1.81. The second-order valence-electron chi connectivity index (χ2n) is 4.46. The van der Waals surface area contributed by atoms with Gasteiger partial charge in [0.2, 0.25) is 5.91 Å². The fraction of sp³-hybridized carbons (Fsp3) is 0.188. The summed E-state index contributed by atoms with van der Waals surface area (Å²) in [6.45, 7) is 2.67. The highest BCUT2D eigenvalue weighted by atomic mass is 35.5. The molecule has 2 aromatic rings. The van der Waals surface area contributed by atoms with Crippen LogP contribution in [0.2, 0.25) is 10.0 Å². The van der Waals surface area contributed by atoms with Gasteiger partial charge in [0.05, 0.1) is 28.9 Å². The molecule has 2 aromatic carbocycles. The molecule has 116 valence electrons. The minimum absolute atomic E-state index is 0.122. The van der Waals surface area contributed by atoms with Crippen molar-refractivity contribution < 1.29 is 9.53 Å². The quantitative estimate of drug-likeness (QED) is 0.818. The van der Waals surface area contributed by atoms with Gasteiger partial charge < -0.3 is 15.4 Å². The molecule has 6 heteroatoms. The zero-order chi connectivity index (χ0) is 15.9. The van der Waals surface area contributed by atoms with E-state index in [4.69, 9.17) is 27.9 Å². The minimum Gasteiger partial charge on any atom is -0.494 e. The average molecular weight is 339 g/mol. The number of nitrogens with one attached hydrogen (secondary N) is 2. The molecule has 0 radical (unpaired) electrons. The minimum atomic E-state index is -0.210. The summed E-state index contributed by atoms with van der Waals surface area (Å²) in [4.78, 5) is 11.9. The summed E-state index contributed by atoms with van der Waals surface area (Å²) in [7, 11) is 0. The van der Waals surface area contributed by atoms with Gasteiger partial charge in [-0.3, -0.25) is 4.79 Å². The molecule has 0 fully saturated rings. The van der Waals surface area contributed by atoms with Crippen molar-refractivity contribution in [2.45, 2.75) is 6.92 Å². The maximum Gasteiger partial charge on any atom is 0.243 e. The lowest BCUT2D eigenvalue weighted by Gasteiger charge is -2.10. The summed E-state index contributed by atoms with van der Waals surface area (Å²) in [5, 5.41) is 6.47. The number of benzene rings is 2. The molecule has 0 aliphatic rings. The molecule has 0 aliphatic carbocycles. The molecule has 4 nitrogen and oxygen atoms in total. The molecule has 0 spiro atoms. The number of halogens is 2. The predicted octanol–water partition coefficient (Wildman–Crippen LogP) is 4.44. The van der Waals surface area contributed by atoms with Crippen molar-refractivity contribution in [3.05, 3.63) is 52.5 Å². The number of carbonyl (C=O) groups is 1. The van der Waals surface area contributed by atoms with E-state index in [0.29, 0.717) is 22.3 Å². The summed E-state index contributed by atoms with van der Waals surface area (Å²) in [5.41, 5.74) is 1.32. The van der Waals surface area contributed by atoms with E-state index in [0.717, 1.165) is 11.4 Å². The van der Waals surface area contributed by atoms with Gasteiger partial charge in [-0.15, -0.1) is 0 Å². The van der Waals surface area contributed by atoms with E-state index in [1.165, 1.54) is 0 Å². The lowest BCUT2D eigenvalue weighted by atomic mass is 10.3. The van der Waals surface area contributed by atoms with E-state index >= 15 is 0 Å². The molecule has 2 rings (SSSR count). The molecule has 0 saturated heterocycles. The zero-order valence-corrected chi connectivity index (χ0v) is 13.5. The monoisotopic (exact) mass is 338 g/mol. The van der Waals surface area contributed by atoms with Gasteiger partial charge in [-0.2, -0.15) is 0 Å². The first-order valence-electron chi connectivity index (χ1n) is 6.80. The Morgan fingerprint density at radius 1 is 1.14 bits per heavy atom. The van der Waals surface area contributed by atoms with Crippen molar-refractivity contribution >= 4 is 40.5 Å². The van der Waals surface area contributed by atoms with Crippen LogP contribution in [0, 0.1) is 0 Å². The van der Waals surface area contributed by atoms with Crippen LogP contribution in [-0.2, 0) is 4.79 Å². The SMILES string of the molecule is CCOc1ccc(NCC(=O)Nc2cccc(Cl)c2Cl)cc1. The molecule has 0 aromatic heterocycles. The zero-order valence-electron chi connectivity index (χ0n) is 12.0. The Kier molecular flexibility index (Phi) is 5.92. The molecule has 0 unspecified atom stereocenters. The Morgan fingerprint density at radius 2 is 1.86 bits per heavy atom. The molecule has 0 atom stereocenters. The topological polar surface area (TPSA) is 50.4 Å². The highest BCUT2D eigenvalue weighted by Crippen LogP contribution is 2.29. The molecule has 0 aliphatic heterocycles. The third kappa shape index (κ3) is 4.55. The van der Waals surface area contributed by atoms with Crippen molar-refractivity contribution in [1.29, 1.82) is 0 Å². The van der Waals surface area contributed by atoms with Crippen molar-refractivity contribution in [2.75, 3.05) is 23.8 Å². The lowest BCUT2D eigenvalue weighted by molar-refractivity contribution is -0.114. The molecular formula is C16H16Cl2N2O2. The molecule has 0 saturated carbocycles. The first-order valence-corrected chi connectivity index (χ1v) is 7.56. The van der Waals surface area contributed by atoms with Gasteiger partial charge in [0.15, 0.2) is 0 Å². The molecule has 1 amide bonds. The summed E-state index contributed by atoms with van der Waals surface area (Å²) in [6, 6.07) is 12.5. The van der Waals surface area contributed by atoms with Crippen LogP contribution < -0.4 is 15.4 Å². The summed E-state index contributed by atoms with van der Waals surface area (Å²) >= 11 is 11.9. The Balaban J connectivity index is 1.88. The Labute approximate surface area is 139 Å². The highest BCUT2D eigenvalue weighted by Gasteiger charge is 2.08. The van der Waals surface area contributed by atoms with Gasteiger partial charge in [0.1, 0.15) is 5.75 Å². The standard InChI is InChI=1S/C16H16Cl2N2O2/c1-2-22-12-8-6-11(7-9-12)19-10-15(21)20-14-5-3-4-13(17)16(14)18/h3-9,19H,2,10H2,1H3,(H,20,21). The molecule has 2 N–H and O–H groups in total. The summed E-state index contributed by atoms with van der Waals surface area (Å²) in [5.74, 6) is 0.585. The van der Waals surface area contributed by atoms with Gasteiger partial charge in [-0.1, -0.05) is 29.3 Å². The average Bonchev–Trinajstić information content (AvgIpc) is 2.51. The first kappa shape index (κ1) is 16.5. The Bertz CT molecular complexity index is 645. The lowest BCUT2D eigenvalue weighted by Crippen LogP contribution is -2.21. The van der Waals surface area contributed by atoms with E-state index in [1.54, 1.807) is 18.2 Å². The Morgan fingerprint density at radius 3 is 2.55 bits per heavy atom. The smallest absolute Gasteiger partial charge is 0.243 e. The second-order valence-corrected chi connectivity index (χ2v) is 5.25. The predicted molar refractivity (Wildman–Crippen MR) is 91.2 cm³/mol. The van der Waals surface area contributed by atoms with E-state index in [2.05, 4.69) is 10.6 Å². The number of amides is 1. The largest absolute Gasteiger partial charge is 0.494 e. The normalized spacial score (nSPS) is 10.1. The second kappa shape index (κ2) is 7.92. The maximum atomic E-state index is 11.9. The summed E-state index contributed by atoms with van der Waals surface area (Å²) in [6.07, 6.45) is 0. The van der Waals surface area contributed by atoms with Crippen LogP contribution in [0.3, 0.4) is 0 Å². The van der Waals surface area contributed by atoms with Gasteiger partial charge in [0, 0.05) is 5.69 Å². The van der Waals surface area contributed by atoms with E-state index in [-0.39, 0.29) is 12.5 Å². The van der Waals surface area contributed by atoms with Gasteiger partial charge in [-0.05, 0) is 43.3 Å². The fourth-order valence-corrected chi connectivity index (χ4v) is 2.16. The Hall–Kier alpha value is -1.91. The highest BCUT2D eigenvalue weighted by molar-refractivity contribution is 6.44. The van der Waals surface area contributed by atoms with E-state index < -0.39 is 0 Å². The van der Waals surface area contributed by atoms with Gasteiger partial charge in [-0.25, -0.2) is 0 Å². The number of ether oxygens (including phenoxy) is 1. The van der Waals surface area contributed by atoms with Crippen LogP contribution in [0.5, 0.6) is 5.75 Å². The molecule has 22 heavy (non-hydrogen) atoms. The van der Waals surface area contributed by atoms with Crippen LogP contribution >= 0.6 is 23.2 Å². The molecular weight excluding hydrogens is 323 g/mol. The first-order chi connectivity index (χ1) is 10.6.